The molecule has 2 rings (SSSR count). The van der Waals surface area contributed by atoms with Crippen LogP contribution in [-0.4, -0.2) is 17.8 Å². The van der Waals surface area contributed by atoms with Crippen molar-refractivity contribution < 1.29 is 9.84 Å². The van der Waals surface area contributed by atoms with E-state index >= 15 is 0 Å². The third-order valence-corrected chi connectivity index (χ3v) is 5.45. The zero-order chi connectivity index (χ0) is 18.6. The minimum Gasteiger partial charge on any atom is -0.494 e. The standard InChI is InChI=1S/C24H36O2/c1-3-5-6-7-20-8-10-22(11-9-20)19-23(25)15-12-21-13-16-24(17-14-21)26-18-4-2/h13-14,16-17,20,22-23,25H,3-11,18-19H2,1-2H3. The Bertz CT molecular complexity index is 544. The van der Waals surface area contributed by atoms with Crippen molar-refractivity contribution >= 4 is 0 Å². The van der Waals surface area contributed by atoms with Gasteiger partial charge in [0.2, 0.25) is 0 Å². The highest BCUT2D eigenvalue weighted by Gasteiger charge is 2.22. The van der Waals surface area contributed by atoms with Gasteiger partial charge in [-0.25, -0.2) is 0 Å². The van der Waals surface area contributed by atoms with Crippen LogP contribution in [0.3, 0.4) is 0 Å². The summed E-state index contributed by atoms with van der Waals surface area (Å²) >= 11 is 0. The molecule has 26 heavy (non-hydrogen) atoms. The zero-order valence-electron chi connectivity index (χ0n) is 16.7. The zero-order valence-corrected chi connectivity index (χ0v) is 16.7. The van der Waals surface area contributed by atoms with Crippen LogP contribution in [0.1, 0.15) is 83.6 Å². The van der Waals surface area contributed by atoms with E-state index in [2.05, 4.69) is 25.7 Å². The SMILES string of the molecule is CCCCCC1CCC(CC(O)C#Cc2ccc(OCCC)cc2)CC1. The van der Waals surface area contributed by atoms with Gasteiger partial charge in [-0.05, 0) is 48.9 Å². The van der Waals surface area contributed by atoms with Crippen molar-refractivity contribution in [2.24, 2.45) is 11.8 Å². The Labute approximate surface area is 160 Å². The third-order valence-electron chi connectivity index (χ3n) is 5.45. The van der Waals surface area contributed by atoms with E-state index in [1.54, 1.807) is 0 Å². The number of benzene rings is 1. The summed E-state index contributed by atoms with van der Waals surface area (Å²) in [6.45, 7) is 5.11. The van der Waals surface area contributed by atoms with E-state index in [1.807, 2.05) is 24.3 Å². The van der Waals surface area contributed by atoms with Crippen LogP contribution in [0.25, 0.3) is 0 Å². The van der Waals surface area contributed by atoms with Gasteiger partial charge < -0.3 is 9.84 Å². The fraction of sp³-hybridized carbons (Fsp3) is 0.667. The van der Waals surface area contributed by atoms with Gasteiger partial charge in [0.1, 0.15) is 11.9 Å². The molecule has 0 saturated heterocycles. The molecule has 144 valence electrons. The molecular weight excluding hydrogens is 320 g/mol. The van der Waals surface area contributed by atoms with Gasteiger partial charge in [-0.1, -0.05) is 77.1 Å². The minimum atomic E-state index is -0.507. The van der Waals surface area contributed by atoms with Gasteiger partial charge >= 0.3 is 0 Å². The van der Waals surface area contributed by atoms with Crippen molar-refractivity contribution in [3.8, 4) is 17.6 Å². The molecule has 1 N–H and O–H groups in total. The Balaban J connectivity index is 1.71. The molecule has 1 unspecified atom stereocenters. The molecule has 1 aliphatic carbocycles. The predicted octanol–water partition coefficient (Wildman–Crippen LogP) is 5.96. The molecule has 2 nitrogen and oxygen atoms in total. The molecule has 1 aromatic rings. The summed E-state index contributed by atoms with van der Waals surface area (Å²) in [5, 5.41) is 10.3. The fourth-order valence-corrected chi connectivity index (χ4v) is 3.83. The van der Waals surface area contributed by atoms with Crippen molar-refractivity contribution in [3.05, 3.63) is 29.8 Å². The lowest BCUT2D eigenvalue weighted by Crippen LogP contribution is -2.19. The summed E-state index contributed by atoms with van der Waals surface area (Å²) < 4.78 is 5.58. The van der Waals surface area contributed by atoms with E-state index in [1.165, 1.54) is 51.4 Å². The number of hydrogen-bond acceptors (Lipinski definition) is 2. The van der Waals surface area contributed by atoms with E-state index in [-0.39, 0.29) is 0 Å². The third kappa shape index (κ3) is 7.83. The van der Waals surface area contributed by atoms with Crippen LogP contribution in [0.15, 0.2) is 24.3 Å². The van der Waals surface area contributed by atoms with Gasteiger partial charge in [-0.15, -0.1) is 0 Å². The average Bonchev–Trinajstić information content (AvgIpc) is 2.67. The number of unbranched alkanes of at least 4 members (excludes halogenated alkanes) is 2. The maximum absolute atomic E-state index is 10.3. The fourth-order valence-electron chi connectivity index (χ4n) is 3.83. The maximum atomic E-state index is 10.3. The predicted molar refractivity (Wildman–Crippen MR) is 109 cm³/mol. The van der Waals surface area contributed by atoms with E-state index in [9.17, 15) is 5.11 Å². The Morgan fingerprint density at radius 2 is 1.69 bits per heavy atom. The summed E-state index contributed by atoms with van der Waals surface area (Å²) in [5.74, 6) is 8.58. The summed E-state index contributed by atoms with van der Waals surface area (Å²) in [7, 11) is 0. The normalized spacial score (nSPS) is 20.9. The van der Waals surface area contributed by atoms with Gasteiger partial charge in [0.05, 0.1) is 6.61 Å². The second kappa shape index (κ2) is 12.0. The molecule has 0 spiro atoms. The first-order valence-electron chi connectivity index (χ1n) is 10.6. The largest absolute Gasteiger partial charge is 0.494 e. The van der Waals surface area contributed by atoms with E-state index in [4.69, 9.17) is 4.74 Å². The van der Waals surface area contributed by atoms with Crippen LogP contribution in [0.4, 0.5) is 0 Å². The van der Waals surface area contributed by atoms with Crippen molar-refractivity contribution in [2.45, 2.75) is 84.2 Å². The highest BCUT2D eigenvalue weighted by molar-refractivity contribution is 5.38. The smallest absolute Gasteiger partial charge is 0.119 e. The molecule has 1 saturated carbocycles. The van der Waals surface area contributed by atoms with Gasteiger partial charge in [0.15, 0.2) is 0 Å². The summed E-state index contributed by atoms with van der Waals surface area (Å²) in [5.41, 5.74) is 0.938. The Morgan fingerprint density at radius 1 is 1.00 bits per heavy atom. The first kappa shape index (κ1) is 20.8. The van der Waals surface area contributed by atoms with Gasteiger partial charge in [-0.3, -0.25) is 0 Å². The Morgan fingerprint density at radius 3 is 2.35 bits per heavy atom. The van der Waals surface area contributed by atoms with Gasteiger partial charge in [0.25, 0.3) is 0 Å². The van der Waals surface area contributed by atoms with Crippen LogP contribution in [0.2, 0.25) is 0 Å². The van der Waals surface area contributed by atoms with Crippen molar-refractivity contribution in [2.75, 3.05) is 6.61 Å². The molecule has 1 atom stereocenters. The molecule has 0 radical (unpaired) electrons. The molecule has 1 aromatic carbocycles. The molecule has 0 heterocycles. The highest BCUT2D eigenvalue weighted by atomic mass is 16.5. The Kier molecular flexibility index (Phi) is 9.64. The lowest BCUT2D eigenvalue weighted by Gasteiger charge is -2.29. The summed E-state index contributed by atoms with van der Waals surface area (Å²) in [6, 6.07) is 7.83. The monoisotopic (exact) mass is 356 g/mol. The molecule has 0 aliphatic heterocycles. The summed E-state index contributed by atoms with van der Waals surface area (Å²) in [6.07, 6.45) is 12.0. The molecular formula is C24H36O2. The van der Waals surface area contributed by atoms with E-state index in [0.717, 1.165) is 36.7 Å². The molecule has 2 heteroatoms. The number of hydrogen-bond donors (Lipinski definition) is 1. The van der Waals surface area contributed by atoms with E-state index < -0.39 is 6.10 Å². The number of aliphatic hydroxyl groups excluding tert-OH is 1. The van der Waals surface area contributed by atoms with Crippen LogP contribution in [-0.2, 0) is 0 Å². The highest BCUT2D eigenvalue weighted by Crippen LogP contribution is 2.34. The molecule has 1 fully saturated rings. The Hall–Kier alpha value is -1.46. The van der Waals surface area contributed by atoms with Crippen LogP contribution < -0.4 is 4.74 Å². The quantitative estimate of drug-likeness (QED) is 0.436. The van der Waals surface area contributed by atoms with E-state index in [0.29, 0.717) is 5.92 Å². The van der Waals surface area contributed by atoms with Crippen molar-refractivity contribution in [1.82, 2.24) is 0 Å². The van der Waals surface area contributed by atoms with Crippen LogP contribution >= 0.6 is 0 Å². The van der Waals surface area contributed by atoms with Crippen LogP contribution in [0, 0.1) is 23.7 Å². The lowest BCUT2D eigenvalue weighted by molar-refractivity contribution is 0.161. The molecule has 0 bridgehead atoms. The number of rotatable bonds is 9. The number of ether oxygens (including phenoxy) is 1. The molecule has 0 aromatic heterocycles. The number of aliphatic hydroxyl groups is 1. The second-order valence-electron chi connectivity index (χ2n) is 7.78. The molecule has 1 aliphatic rings. The first-order valence-corrected chi connectivity index (χ1v) is 10.6. The maximum Gasteiger partial charge on any atom is 0.119 e. The topological polar surface area (TPSA) is 29.5 Å². The van der Waals surface area contributed by atoms with Gasteiger partial charge in [0, 0.05) is 5.56 Å². The lowest BCUT2D eigenvalue weighted by atomic mass is 9.78. The average molecular weight is 357 g/mol. The van der Waals surface area contributed by atoms with Crippen molar-refractivity contribution in [3.63, 3.8) is 0 Å². The van der Waals surface area contributed by atoms with Gasteiger partial charge in [-0.2, -0.15) is 0 Å². The second-order valence-corrected chi connectivity index (χ2v) is 7.78. The first-order chi connectivity index (χ1) is 12.7. The van der Waals surface area contributed by atoms with Crippen molar-refractivity contribution in [1.29, 1.82) is 0 Å². The minimum absolute atomic E-state index is 0.507. The molecule has 0 amide bonds. The summed E-state index contributed by atoms with van der Waals surface area (Å²) in [4.78, 5) is 0. The van der Waals surface area contributed by atoms with Crippen LogP contribution in [0.5, 0.6) is 5.75 Å².